The van der Waals surface area contributed by atoms with Gasteiger partial charge in [-0.1, -0.05) is 44.5 Å². The molecule has 0 unspecified atom stereocenters. The summed E-state index contributed by atoms with van der Waals surface area (Å²) in [6.45, 7) is 6.01. The van der Waals surface area contributed by atoms with Crippen LogP contribution in [-0.2, 0) is 12.5 Å². The zero-order valence-corrected chi connectivity index (χ0v) is 22.3. The average molecular weight is 503 g/mol. The standard InChI is InChI=1S/C22H21ClF3N5O2.Na/c1-21(2,3)18-15(23)17(31(4)30-18)19-27-13-10-12(28-20(32-5)16(13)29-19)11-8-6-7-9-14(11)33-22(24,25)26;/h6-10H,1-5H3,(H,27,29);/q;+1. The molecule has 0 radical (unpaired) electrons. The largest absolute Gasteiger partial charge is 1.00 e. The Morgan fingerprint density at radius 1 is 1.09 bits per heavy atom. The van der Waals surface area contributed by atoms with Gasteiger partial charge in [0.1, 0.15) is 11.4 Å². The van der Waals surface area contributed by atoms with Crippen molar-refractivity contribution in [3.8, 4) is 34.4 Å². The number of halogens is 4. The van der Waals surface area contributed by atoms with Crippen molar-refractivity contribution in [2.75, 3.05) is 7.11 Å². The van der Waals surface area contributed by atoms with Crippen LogP contribution < -0.4 is 39.0 Å². The molecule has 0 saturated heterocycles. The Kier molecular flexibility index (Phi) is 7.29. The summed E-state index contributed by atoms with van der Waals surface area (Å²) in [5.41, 5.74) is 2.28. The minimum Gasteiger partial charge on any atom is -0.479 e. The second-order valence-corrected chi connectivity index (χ2v) is 8.81. The van der Waals surface area contributed by atoms with Crippen molar-refractivity contribution in [3.05, 3.63) is 41.0 Å². The van der Waals surface area contributed by atoms with Gasteiger partial charge in [-0.15, -0.1) is 13.2 Å². The molecule has 3 aromatic heterocycles. The maximum atomic E-state index is 12.9. The van der Waals surface area contributed by atoms with Crippen molar-refractivity contribution in [2.45, 2.75) is 32.5 Å². The summed E-state index contributed by atoms with van der Waals surface area (Å²) < 4.78 is 49.8. The molecule has 0 aliphatic carbocycles. The van der Waals surface area contributed by atoms with E-state index in [-0.39, 0.29) is 57.9 Å². The quantitative estimate of drug-likeness (QED) is 0.434. The molecule has 174 valence electrons. The minimum atomic E-state index is -4.84. The molecular weight excluding hydrogens is 482 g/mol. The van der Waals surface area contributed by atoms with Gasteiger partial charge in [-0.3, -0.25) is 4.68 Å². The first kappa shape index (κ1) is 26.3. The van der Waals surface area contributed by atoms with E-state index in [0.29, 0.717) is 33.3 Å². The van der Waals surface area contributed by atoms with Crippen LogP contribution in [-0.4, -0.2) is 38.2 Å². The molecule has 34 heavy (non-hydrogen) atoms. The van der Waals surface area contributed by atoms with Crippen LogP contribution in [0.2, 0.25) is 5.02 Å². The van der Waals surface area contributed by atoms with Crippen molar-refractivity contribution in [2.24, 2.45) is 7.05 Å². The summed E-state index contributed by atoms with van der Waals surface area (Å²) >= 11 is 6.65. The van der Waals surface area contributed by atoms with Crippen molar-refractivity contribution in [3.63, 3.8) is 0 Å². The van der Waals surface area contributed by atoms with E-state index in [4.69, 9.17) is 16.3 Å². The van der Waals surface area contributed by atoms with Gasteiger partial charge in [0.25, 0.3) is 0 Å². The number of ether oxygens (including phenoxy) is 2. The number of methoxy groups -OCH3 is 1. The Labute approximate surface area is 220 Å². The van der Waals surface area contributed by atoms with Crippen molar-refractivity contribution < 1.29 is 52.2 Å². The van der Waals surface area contributed by atoms with E-state index < -0.39 is 6.36 Å². The van der Waals surface area contributed by atoms with Crippen LogP contribution in [0.1, 0.15) is 26.5 Å². The number of hydrogen-bond acceptors (Lipinski definition) is 5. The molecule has 1 aromatic carbocycles. The predicted octanol–water partition coefficient (Wildman–Crippen LogP) is 2.89. The summed E-state index contributed by atoms with van der Waals surface area (Å²) in [5, 5.41) is 4.99. The number of aromatic nitrogens is 5. The number of aryl methyl sites for hydroxylation is 1. The van der Waals surface area contributed by atoms with Crippen molar-refractivity contribution in [1.82, 2.24) is 24.7 Å². The van der Waals surface area contributed by atoms with E-state index in [2.05, 4.69) is 24.8 Å². The average Bonchev–Trinajstić information content (AvgIpc) is 3.26. The number of H-pyrrole nitrogens is 1. The van der Waals surface area contributed by atoms with Crippen LogP contribution in [0.5, 0.6) is 11.6 Å². The second kappa shape index (κ2) is 9.41. The first-order valence-electron chi connectivity index (χ1n) is 9.92. The Morgan fingerprint density at radius 3 is 2.35 bits per heavy atom. The van der Waals surface area contributed by atoms with E-state index in [9.17, 15) is 13.2 Å². The number of imidazole rings is 1. The van der Waals surface area contributed by atoms with Crippen LogP contribution in [0, 0.1) is 0 Å². The first-order valence-corrected chi connectivity index (χ1v) is 10.3. The first-order chi connectivity index (χ1) is 15.4. The minimum absolute atomic E-state index is 0. The topological polar surface area (TPSA) is 77.9 Å². The summed E-state index contributed by atoms with van der Waals surface area (Å²) in [5.74, 6) is 0.196. The van der Waals surface area contributed by atoms with Gasteiger partial charge in [-0.25, -0.2) is 9.97 Å². The molecular formula is C22H21ClF3N5NaO2+. The number of para-hydroxylation sites is 1. The third kappa shape index (κ3) is 5.05. The number of alkyl halides is 3. The summed E-state index contributed by atoms with van der Waals surface area (Å²) in [6, 6.07) is 7.34. The summed E-state index contributed by atoms with van der Waals surface area (Å²) in [6.07, 6.45) is -4.84. The molecule has 0 aliphatic heterocycles. The molecule has 12 heteroatoms. The van der Waals surface area contributed by atoms with Crippen LogP contribution >= 0.6 is 11.6 Å². The third-order valence-corrected chi connectivity index (χ3v) is 5.30. The van der Waals surface area contributed by atoms with Crippen molar-refractivity contribution in [1.29, 1.82) is 0 Å². The van der Waals surface area contributed by atoms with Gasteiger partial charge >= 0.3 is 35.9 Å². The van der Waals surface area contributed by atoms with E-state index >= 15 is 0 Å². The monoisotopic (exact) mass is 502 g/mol. The van der Waals surface area contributed by atoms with Gasteiger partial charge in [-0.2, -0.15) is 5.10 Å². The van der Waals surface area contributed by atoms with Crippen LogP contribution in [0.15, 0.2) is 30.3 Å². The van der Waals surface area contributed by atoms with Crippen LogP contribution in [0.4, 0.5) is 13.2 Å². The number of benzene rings is 1. The molecule has 4 rings (SSSR count). The third-order valence-electron chi connectivity index (χ3n) is 4.94. The van der Waals surface area contributed by atoms with Crippen molar-refractivity contribution >= 4 is 22.6 Å². The Balaban J connectivity index is 0.00000324. The zero-order valence-electron chi connectivity index (χ0n) is 19.5. The van der Waals surface area contributed by atoms with Gasteiger partial charge in [0.2, 0.25) is 5.88 Å². The van der Waals surface area contributed by atoms with Gasteiger partial charge in [0.05, 0.1) is 29.0 Å². The van der Waals surface area contributed by atoms with E-state index in [1.165, 1.54) is 25.3 Å². The molecule has 3 heterocycles. The number of rotatable bonds is 4. The fourth-order valence-corrected chi connectivity index (χ4v) is 4.04. The Hall–Kier alpha value is -2.27. The molecule has 0 bridgehead atoms. The Bertz CT molecular complexity index is 1350. The molecule has 0 amide bonds. The normalized spacial score (nSPS) is 12.0. The molecule has 0 fully saturated rings. The summed E-state index contributed by atoms with van der Waals surface area (Å²) in [7, 11) is 3.17. The molecule has 0 saturated carbocycles. The molecule has 7 nitrogen and oxygen atoms in total. The fourth-order valence-electron chi connectivity index (χ4n) is 3.50. The smallest absolute Gasteiger partial charge is 0.479 e. The fraction of sp³-hybridized carbons (Fsp3) is 0.318. The number of fused-ring (bicyclic) bond motifs is 1. The van der Waals surface area contributed by atoms with Gasteiger partial charge in [0, 0.05) is 18.0 Å². The van der Waals surface area contributed by atoms with Crippen LogP contribution in [0.3, 0.4) is 0 Å². The number of nitrogens with one attached hydrogen (secondary N) is 1. The van der Waals surface area contributed by atoms with E-state index in [0.717, 1.165) is 0 Å². The van der Waals surface area contributed by atoms with E-state index in [1.54, 1.807) is 23.9 Å². The van der Waals surface area contributed by atoms with Gasteiger partial charge < -0.3 is 14.5 Å². The number of pyridine rings is 1. The summed E-state index contributed by atoms with van der Waals surface area (Å²) in [4.78, 5) is 12.1. The molecule has 0 atom stereocenters. The van der Waals surface area contributed by atoms with E-state index in [1.807, 2.05) is 20.8 Å². The van der Waals surface area contributed by atoms with Gasteiger partial charge in [-0.05, 0) is 18.2 Å². The number of aromatic amines is 1. The molecule has 0 aliphatic rings. The molecule has 1 N–H and O–H groups in total. The SMILES string of the molecule is COc1nc(-c2ccccc2OC(F)(F)F)cc2[nH]c(-c3c(Cl)c(C(C)(C)C)nn3C)nc12.[Na+]. The zero-order chi connectivity index (χ0) is 24.1. The second-order valence-electron chi connectivity index (χ2n) is 8.43. The maximum absolute atomic E-state index is 12.9. The maximum Gasteiger partial charge on any atom is 1.00 e. The molecule has 0 spiro atoms. The molecule has 4 aromatic rings. The number of nitrogens with zero attached hydrogens (tertiary/aromatic N) is 4. The van der Waals surface area contributed by atoms with Gasteiger partial charge in [0.15, 0.2) is 11.3 Å². The van der Waals surface area contributed by atoms with Crippen LogP contribution in [0.25, 0.3) is 33.8 Å². The number of hydrogen-bond donors (Lipinski definition) is 1. The Morgan fingerprint density at radius 2 is 1.76 bits per heavy atom. The predicted molar refractivity (Wildman–Crippen MR) is 118 cm³/mol.